The Morgan fingerprint density at radius 1 is 1.19 bits per heavy atom. The molecular formula is C12H8N2O2. The molecule has 16 heavy (non-hydrogen) atoms. The van der Waals surface area contributed by atoms with Crippen molar-refractivity contribution in [2.75, 3.05) is 0 Å². The van der Waals surface area contributed by atoms with Crippen LogP contribution in [-0.2, 0) is 0 Å². The van der Waals surface area contributed by atoms with E-state index in [9.17, 15) is 9.59 Å². The number of nitrogens with zero attached hydrogens (tertiary/aromatic N) is 2. The average Bonchev–Trinajstić information content (AvgIpc) is 2.39. The molecule has 2 heterocycles. The van der Waals surface area contributed by atoms with Crippen molar-refractivity contribution in [1.29, 1.82) is 0 Å². The predicted molar refractivity (Wildman–Crippen MR) is 57.3 cm³/mol. The van der Waals surface area contributed by atoms with Gasteiger partial charge in [0.2, 0.25) is 5.78 Å². The molecule has 78 valence electrons. The number of carbonyl (C=O) groups excluding carboxylic acids is 2. The number of pyridine rings is 2. The summed E-state index contributed by atoms with van der Waals surface area (Å²) >= 11 is 0. The van der Waals surface area contributed by atoms with E-state index < -0.39 is 0 Å². The monoisotopic (exact) mass is 212 g/mol. The second-order valence-corrected chi connectivity index (χ2v) is 3.13. The fourth-order valence-corrected chi connectivity index (χ4v) is 1.34. The molecule has 0 atom stereocenters. The van der Waals surface area contributed by atoms with E-state index in [1.165, 1.54) is 12.4 Å². The van der Waals surface area contributed by atoms with Gasteiger partial charge in [-0.2, -0.15) is 0 Å². The Morgan fingerprint density at radius 2 is 2.00 bits per heavy atom. The Kier molecular flexibility index (Phi) is 2.82. The highest BCUT2D eigenvalue weighted by Gasteiger charge is 2.14. The number of rotatable bonds is 3. The minimum Gasteiger partial charge on any atom is -0.298 e. The molecule has 2 aromatic heterocycles. The van der Waals surface area contributed by atoms with Gasteiger partial charge in [0.25, 0.3) is 0 Å². The standard InChI is InChI=1S/C12H8N2O2/c15-8-10-4-2-6-14-11(10)12(16)9-3-1-5-13-7-9/h1-8H. The summed E-state index contributed by atoms with van der Waals surface area (Å²) in [5.41, 5.74) is 0.867. The minimum atomic E-state index is -0.296. The maximum atomic E-state index is 12.0. The van der Waals surface area contributed by atoms with Gasteiger partial charge in [0, 0.05) is 29.7 Å². The first-order valence-electron chi connectivity index (χ1n) is 4.68. The SMILES string of the molecule is O=Cc1cccnc1C(=O)c1cccnc1. The van der Waals surface area contributed by atoms with E-state index in [0.717, 1.165) is 0 Å². The van der Waals surface area contributed by atoms with Crippen molar-refractivity contribution in [2.24, 2.45) is 0 Å². The second-order valence-electron chi connectivity index (χ2n) is 3.13. The van der Waals surface area contributed by atoms with Gasteiger partial charge < -0.3 is 0 Å². The fourth-order valence-electron chi connectivity index (χ4n) is 1.34. The van der Waals surface area contributed by atoms with Crippen molar-refractivity contribution in [3.05, 3.63) is 59.7 Å². The Balaban J connectivity index is 2.46. The highest BCUT2D eigenvalue weighted by Crippen LogP contribution is 2.09. The summed E-state index contributed by atoms with van der Waals surface area (Å²) < 4.78 is 0. The van der Waals surface area contributed by atoms with Crippen molar-refractivity contribution >= 4 is 12.1 Å². The van der Waals surface area contributed by atoms with Crippen LogP contribution in [0.2, 0.25) is 0 Å². The molecule has 0 aliphatic heterocycles. The molecule has 0 aliphatic rings. The van der Waals surface area contributed by atoms with Crippen molar-refractivity contribution in [3.63, 3.8) is 0 Å². The lowest BCUT2D eigenvalue weighted by molar-refractivity contribution is 0.102. The van der Waals surface area contributed by atoms with Crippen LogP contribution in [-0.4, -0.2) is 22.0 Å². The lowest BCUT2D eigenvalue weighted by Crippen LogP contribution is -2.07. The smallest absolute Gasteiger partial charge is 0.213 e. The fraction of sp³-hybridized carbons (Fsp3) is 0. The maximum Gasteiger partial charge on any atom is 0.213 e. The first kappa shape index (κ1) is 10.2. The van der Waals surface area contributed by atoms with Crippen LogP contribution in [0.4, 0.5) is 0 Å². The Labute approximate surface area is 92.0 Å². The molecular weight excluding hydrogens is 204 g/mol. The van der Waals surface area contributed by atoms with E-state index in [2.05, 4.69) is 9.97 Å². The van der Waals surface area contributed by atoms with Crippen molar-refractivity contribution in [2.45, 2.75) is 0 Å². The van der Waals surface area contributed by atoms with Crippen LogP contribution in [0.15, 0.2) is 42.9 Å². The van der Waals surface area contributed by atoms with E-state index >= 15 is 0 Å². The lowest BCUT2D eigenvalue weighted by Gasteiger charge is -2.01. The Morgan fingerprint density at radius 3 is 2.69 bits per heavy atom. The van der Waals surface area contributed by atoms with Crippen LogP contribution in [0.5, 0.6) is 0 Å². The van der Waals surface area contributed by atoms with Crippen molar-refractivity contribution in [3.8, 4) is 0 Å². The van der Waals surface area contributed by atoms with Crippen LogP contribution >= 0.6 is 0 Å². The highest BCUT2D eigenvalue weighted by atomic mass is 16.1. The van der Waals surface area contributed by atoms with Gasteiger partial charge >= 0.3 is 0 Å². The number of aldehydes is 1. The van der Waals surface area contributed by atoms with Gasteiger partial charge in [0.05, 0.1) is 0 Å². The average molecular weight is 212 g/mol. The Bertz CT molecular complexity index is 524. The molecule has 0 N–H and O–H groups in total. The zero-order valence-corrected chi connectivity index (χ0v) is 8.33. The molecule has 0 unspecified atom stereocenters. The number of aromatic nitrogens is 2. The third-order valence-electron chi connectivity index (χ3n) is 2.10. The predicted octanol–water partition coefficient (Wildman–Crippen LogP) is 1.52. The molecule has 4 nitrogen and oxygen atoms in total. The van der Waals surface area contributed by atoms with Gasteiger partial charge in [-0.15, -0.1) is 0 Å². The summed E-state index contributed by atoms with van der Waals surface area (Å²) in [6.45, 7) is 0. The number of hydrogen-bond acceptors (Lipinski definition) is 4. The summed E-state index contributed by atoms with van der Waals surface area (Å²) in [6.07, 6.45) is 5.13. The van der Waals surface area contributed by atoms with Crippen LogP contribution in [0.1, 0.15) is 26.4 Å². The molecule has 4 heteroatoms. The van der Waals surface area contributed by atoms with E-state index in [4.69, 9.17) is 0 Å². The Hall–Kier alpha value is -2.36. The molecule has 0 aromatic carbocycles. The van der Waals surface area contributed by atoms with Gasteiger partial charge in [0.15, 0.2) is 6.29 Å². The molecule has 0 bridgehead atoms. The molecule has 0 amide bonds. The van der Waals surface area contributed by atoms with E-state index in [-0.39, 0.29) is 17.0 Å². The summed E-state index contributed by atoms with van der Waals surface area (Å²) in [6, 6.07) is 6.47. The summed E-state index contributed by atoms with van der Waals surface area (Å²) in [5.74, 6) is -0.296. The highest BCUT2D eigenvalue weighted by molar-refractivity contribution is 6.11. The largest absolute Gasteiger partial charge is 0.298 e. The maximum absolute atomic E-state index is 12.0. The summed E-state index contributed by atoms with van der Waals surface area (Å²) in [7, 11) is 0. The van der Waals surface area contributed by atoms with Crippen LogP contribution < -0.4 is 0 Å². The third kappa shape index (κ3) is 1.86. The van der Waals surface area contributed by atoms with Crippen molar-refractivity contribution in [1.82, 2.24) is 9.97 Å². The van der Waals surface area contributed by atoms with Gasteiger partial charge in [0.1, 0.15) is 5.69 Å². The minimum absolute atomic E-state index is 0.158. The number of ketones is 1. The van der Waals surface area contributed by atoms with Gasteiger partial charge in [-0.1, -0.05) is 0 Å². The molecule has 0 saturated heterocycles. The summed E-state index contributed by atoms with van der Waals surface area (Å²) in [4.78, 5) is 30.5. The first-order chi connectivity index (χ1) is 7.83. The molecule has 0 fully saturated rings. The van der Waals surface area contributed by atoms with Crippen LogP contribution in [0.25, 0.3) is 0 Å². The van der Waals surface area contributed by atoms with Gasteiger partial charge in [-0.25, -0.2) is 0 Å². The molecule has 2 aromatic rings. The normalized spacial score (nSPS) is 9.75. The van der Waals surface area contributed by atoms with Crippen LogP contribution in [0.3, 0.4) is 0 Å². The number of hydrogen-bond donors (Lipinski definition) is 0. The van der Waals surface area contributed by atoms with E-state index in [1.807, 2.05) is 0 Å². The summed E-state index contributed by atoms with van der Waals surface area (Å²) in [5, 5.41) is 0. The zero-order chi connectivity index (χ0) is 11.4. The molecule has 0 saturated carbocycles. The van der Waals surface area contributed by atoms with E-state index in [0.29, 0.717) is 11.8 Å². The molecule has 2 rings (SSSR count). The van der Waals surface area contributed by atoms with E-state index in [1.54, 1.807) is 30.5 Å². The zero-order valence-electron chi connectivity index (χ0n) is 8.33. The molecule has 0 radical (unpaired) electrons. The van der Waals surface area contributed by atoms with Crippen LogP contribution in [0, 0.1) is 0 Å². The quantitative estimate of drug-likeness (QED) is 0.571. The van der Waals surface area contributed by atoms with Gasteiger partial charge in [-0.3, -0.25) is 19.6 Å². The second kappa shape index (κ2) is 4.44. The first-order valence-corrected chi connectivity index (χ1v) is 4.68. The number of carbonyl (C=O) groups is 2. The molecule has 0 spiro atoms. The third-order valence-corrected chi connectivity index (χ3v) is 2.10. The van der Waals surface area contributed by atoms with Gasteiger partial charge in [-0.05, 0) is 24.3 Å². The van der Waals surface area contributed by atoms with Crippen molar-refractivity contribution < 1.29 is 9.59 Å². The molecule has 0 aliphatic carbocycles. The topological polar surface area (TPSA) is 59.9 Å². The lowest BCUT2D eigenvalue weighted by atomic mass is 10.1.